The predicted molar refractivity (Wildman–Crippen MR) is 153 cm³/mol. The first kappa shape index (κ1) is 25.5. The second-order valence-corrected chi connectivity index (χ2v) is 11.1. The van der Waals surface area contributed by atoms with Crippen LogP contribution in [0.4, 0.5) is 0 Å². The molecule has 3 aromatic carbocycles. The van der Waals surface area contributed by atoms with Crippen LogP contribution in [0.5, 0.6) is 28.7 Å². The second kappa shape index (κ2) is 9.86. The summed E-state index contributed by atoms with van der Waals surface area (Å²) in [4.78, 5) is 2.28. The third kappa shape index (κ3) is 4.11. The number of benzene rings is 3. The van der Waals surface area contributed by atoms with Gasteiger partial charge in [-0.3, -0.25) is 0 Å². The normalized spacial score (nSPS) is 25.2. The summed E-state index contributed by atoms with van der Waals surface area (Å²) in [5, 5.41) is 35.7. The predicted octanol–water partition coefficient (Wildman–Crippen LogP) is 4.50. The maximum atomic E-state index is 11.9. The zero-order valence-corrected chi connectivity index (χ0v) is 22.9. The molecule has 5 unspecified atom stereocenters. The molecule has 0 spiro atoms. The number of hydrogen-bond acceptors (Lipinski definition) is 8. The number of rotatable bonds is 4. The van der Waals surface area contributed by atoms with Crippen LogP contribution in [0.25, 0.3) is 11.1 Å². The van der Waals surface area contributed by atoms with E-state index in [0.29, 0.717) is 29.2 Å². The molecule has 2 aliphatic carbocycles. The van der Waals surface area contributed by atoms with E-state index in [0.717, 1.165) is 47.3 Å². The van der Waals surface area contributed by atoms with E-state index >= 15 is 0 Å². The van der Waals surface area contributed by atoms with Crippen molar-refractivity contribution in [3.05, 3.63) is 77.1 Å². The highest BCUT2D eigenvalue weighted by atomic mass is 16.5. The Labute approximate surface area is 238 Å². The van der Waals surface area contributed by atoms with Gasteiger partial charge in [-0.1, -0.05) is 18.1 Å². The molecule has 41 heavy (non-hydrogen) atoms. The average molecular weight is 553 g/mol. The maximum Gasteiger partial charge on any atom is 0.160 e. The molecule has 0 aromatic heterocycles. The van der Waals surface area contributed by atoms with E-state index in [4.69, 9.17) is 14.2 Å². The largest absolute Gasteiger partial charge is 0.508 e. The Balaban J connectivity index is 1.45. The fourth-order valence-corrected chi connectivity index (χ4v) is 6.92. The van der Waals surface area contributed by atoms with Crippen LogP contribution in [-0.4, -0.2) is 53.3 Å². The Morgan fingerprint density at radius 3 is 2.66 bits per heavy atom. The molecule has 210 valence electrons. The summed E-state index contributed by atoms with van der Waals surface area (Å²) in [6.07, 6.45) is 4.56. The number of methoxy groups -OCH3 is 2. The van der Waals surface area contributed by atoms with Crippen LogP contribution in [0.3, 0.4) is 0 Å². The molecule has 8 heteroatoms. The molecule has 0 radical (unpaired) electrons. The lowest BCUT2D eigenvalue weighted by molar-refractivity contribution is 0.0113. The van der Waals surface area contributed by atoms with Crippen molar-refractivity contribution >= 4 is 0 Å². The quantitative estimate of drug-likeness (QED) is 0.351. The van der Waals surface area contributed by atoms with Crippen molar-refractivity contribution in [2.24, 2.45) is 0 Å². The number of nitrogens with one attached hydrogen (secondary N) is 1. The minimum Gasteiger partial charge on any atom is -0.508 e. The van der Waals surface area contributed by atoms with Crippen molar-refractivity contribution < 1.29 is 29.5 Å². The van der Waals surface area contributed by atoms with Gasteiger partial charge in [-0.15, -0.1) is 5.92 Å². The lowest BCUT2D eigenvalue weighted by Crippen LogP contribution is -2.36. The summed E-state index contributed by atoms with van der Waals surface area (Å²) < 4.78 is 17.9. The van der Waals surface area contributed by atoms with Crippen molar-refractivity contribution in [2.45, 2.75) is 49.3 Å². The number of ether oxygens (including phenoxy) is 3. The Morgan fingerprint density at radius 1 is 1.02 bits per heavy atom. The van der Waals surface area contributed by atoms with Crippen molar-refractivity contribution in [3.8, 4) is 51.7 Å². The minimum absolute atomic E-state index is 0.0176. The van der Waals surface area contributed by atoms with Crippen molar-refractivity contribution in [1.29, 1.82) is 0 Å². The number of fused-ring (bicyclic) bond motifs is 2. The Bertz CT molecular complexity index is 1620. The molecule has 2 heterocycles. The van der Waals surface area contributed by atoms with Gasteiger partial charge in [0, 0.05) is 42.1 Å². The summed E-state index contributed by atoms with van der Waals surface area (Å²) >= 11 is 0. The summed E-state index contributed by atoms with van der Waals surface area (Å²) in [6.45, 7) is 0.722. The minimum atomic E-state index is -0.964. The molecule has 8 nitrogen and oxygen atoms in total. The zero-order chi connectivity index (χ0) is 28.2. The van der Waals surface area contributed by atoms with Gasteiger partial charge in [0.2, 0.25) is 0 Å². The molecular weight excluding hydrogens is 520 g/mol. The Hall–Kier alpha value is -4.48. The highest BCUT2D eigenvalue weighted by Crippen LogP contribution is 2.56. The van der Waals surface area contributed by atoms with Gasteiger partial charge in [0.05, 0.1) is 26.8 Å². The van der Waals surface area contributed by atoms with Crippen LogP contribution in [0.15, 0.2) is 54.9 Å². The lowest BCUT2D eigenvalue weighted by atomic mass is 9.70. The molecule has 0 bridgehead atoms. The number of aromatic hydroxyl groups is 2. The smallest absolute Gasteiger partial charge is 0.160 e. The lowest BCUT2D eigenvalue weighted by Gasteiger charge is -2.40. The molecule has 4 N–H and O–H groups in total. The number of phenolic OH excluding ortho intramolecular Hbond substituents is 2. The van der Waals surface area contributed by atoms with Crippen LogP contribution in [0, 0.1) is 11.8 Å². The van der Waals surface area contributed by atoms with Gasteiger partial charge in [-0.25, -0.2) is 0 Å². The number of aliphatic hydroxyl groups excluding tert-OH is 1. The second-order valence-electron chi connectivity index (χ2n) is 11.1. The third-order valence-electron chi connectivity index (χ3n) is 8.81. The molecule has 3 aromatic rings. The van der Waals surface area contributed by atoms with Crippen molar-refractivity contribution in [1.82, 2.24) is 10.2 Å². The molecule has 7 rings (SSSR count). The zero-order valence-electron chi connectivity index (χ0n) is 22.9. The van der Waals surface area contributed by atoms with Gasteiger partial charge < -0.3 is 39.7 Å². The molecule has 0 fully saturated rings. The highest BCUT2D eigenvalue weighted by molar-refractivity contribution is 5.83. The highest BCUT2D eigenvalue weighted by Gasteiger charge is 2.44. The first-order chi connectivity index (χ1) is 20.0. The molecule has 5 atom stereocenters. The summed E-state index contributed by atoms with van der Waals surface area (Å²) in [7, 11) is 3.15. The van der Waals surface area contributed by atoms with Gasteiger partial charge in [-0.2, -0.15) is 0 Å². The first-order valence-corrected chi connectivity index (χ1v) is 13.9. The van der Waals surface area contributed by atoms with E-state index in [1.807, 2.05) is 24.4 Å². The van der Waals surface area contributed by atoms with Crippen molar-refractivity contribution in [3.63, 3.8) is 0 Å². The Morgan fingerprint density at radius 2 is 1.88 bits per heavy atom. The first-order valence-electron chi connectivity index (χ1n) is 13.9. The molecule has 0 saturated carbocycles. The van der Waals surface area contributed by atoms with E-state index in [-0.39, 0.29) is 23.5 Å². The SMILES string of the molecule is COc1cc(C2Oc3cc(OC)c4c5c3C(C#CCC(N3C=CNC3)CC5Cc3cc(O)ccc3-4)C2O)ccc1O. The topological polar surface area (TPSA) is 104 Å². The van der Waals surface area contributed by atoms with Crippen LogP contribution < -0.4 is 19.5 Å². The van der Waals surface area contributed by atoms with E-state index in [1.165, 1.54) is 7.11 Å². The number of aliphatic hydroxyl groups is 1. The maximum absolute atomic E-state index is 11.9. The van der Waals surface area contributed by atoms with Crippen LogP contribution >= 0.6 is 0 Å². The summed E-state index contributed by atoms with van der Waals surface area (Å²) in [6, 6.07) is 12.6. The Kier molecular flexibility index (Phi) is 6.13. The van der Waals surface area contributed by atoms with Crippen LogP contribution in [0.2, 0.25) is 0 Å². The summed E-state index contributed by atoms with van der Waals surface area (Å²) in [5.41, 5.74) is 5.74. The molecule has 2 aliphatic heterocycles. The van der Waals surface area contributed by atoms with E-state index in [9.17, 15) is 15.3 Å². The van der Waals surface area contributed by atoms with Gasteiger partial charge in [0.15, 0.2) is 17.6 Å². The average Bonchev–Trinajstić information content (AvgIpc) is 3.53. The third-order valence-corrected chi connectivity index (χ3v) is 8.81. The fourth-order valence-electron chi connectivity index (χ4n) is 6.92. The van der Waals surface area contributed by atoms with E-state index in [1.54, 1.807) is 31.4 Å². The standard InChI is InChI=1S/C33H32N2O6/c1-39-26-15-18(6-9-25(26)37)33-32(38)24-5-3-4-21(35-11-10-34-17-35)13-20-12-19-14-22(36)7-8-23(19)30-27(40-2)16-28(41-33)31(24)29(20)30/h6-11,14-16,20-21,24,32-34,36-38H,4,12-13,17H2,1-2H3. The van der Waals surface area contributed by atoms with Gasteiger partial charge >= 0.3 is 0 Å². The number of nitrogens with zero attached hydrogens (tertiary/aromatic N) is 1. The van der Waals surface area contributed by atoms with Gasteiger partial charge in [-0.05, 0) is 65.3 Å². The van der Waals surface area contributed by atoms with Crippen molar-refractivity contribution in [2.75, 3.05) is 20.9 Å². The fraction of sp³-hybridized carbons (Fsp3) is 0.333. The van der Waals surface area contributed by atoms with Gasteiger partial charge in [0.1, 0.15) is 23.4 Å². The molecular formula is C33H32N2O6. The summed E-state index contributed by atoms with van der Waals surface area (Å²) in [5.74, 6) is 8.34. The van der Waals surface area contributed by atoms with E-state index < -0.39 is 18.1 Å². The molecule has 4 aliphatic rings. The molecule has 0 amide bonds. The molecule has 0 saturated heterocycles. The number of phenols is 2. The van der Waals surface area contributed by atoms with Crippen LogP contribution in [0.1, 0.15) is 53.0 Å². The van der Waals surface area contributed by atoms with Crippen LogP contribution in [-0.2, 0) is 6.42 Å². The monoisotopic (exact) mass is 552 g/mol. The van der Waals surface area contributed by atoms with E-state index in [2.05, 4.69) is 28.3 Å². The number of hydrogen-bond donors (Lipinski definition) is 4. The van der Waals surface area contributed by atoms with Gasteiger partial charge in [0.25, 0.3) is 0 Å².